The average molecular weight is 421 g/mol. The molecule has 0 spiro atoms. The van der Waals surface area contributed by atoms with Gasteiger partial charge in [-0.25, -0.2) is 0 Å². The van der Waals surface area contributed by atoms with Gasteiger partial charge in [0.2, 0.25) is 11.8 Å². The second-order valence-electron chi connectivity index (χ2n) is 6.99. The summed E-state index contributed by atoms with van der Waals surface area (Å²) in [7, 11) is 0. The van der Waals surface area contributed by atoms with Crippen molar-refractivity contribution in [2.75, 3.05) is 26.2 Å². The van der Waals surface area contributed by atoms with E-state index in [0.29, 0.717) is 18.5 Å². The molecular formula is C18H21BrN4O3. The van der Waals surface area contributed by atoms with E-state index in [4.69, 9.17) is 0 Å². The smallest absolute Gasteiger partial charge is 0.255 e. The van der Waals surface area contributed by atoms with Gasteiger partial charge in [-0.05, 0) is 23.6 Å². The van der Waals surface area contributed by atoms with Crippen LogP contribution in [0.3, 0.4) is 0 Å². The van der Waals surface area contributed by atoms with Crippen molar-refractivity contribution in [3.63, 3.8) is 0 Å². The summed E-state index contributed by atoms with van der Waals surface area (Å²) in [6.07, 6.45) is 0.654. The number of carbonyl (C=O) groups excluding carboxylic acids is 3. The largest absolute Gasteiger partial charge is 0.322 e. The van der Waals surface area contributed by atoms with Gasteiger partial charge in [-0.15, -0.1) is 0 Å². The lowest BCUT2D eigenvalue weighted by Crippen LogP contribution is -2.52. The Morgan fingerprint density at radius 1 is 1.15 bits per heavy atom. The summed E-state index contributed by atoms with van der Waals surface area (Å²) in [6, 6.07) is 3.29. The molecule has 1 aromatic rings. The number of piperazine rings is 1. The molecule has 0 bridgehead atoms. The Bertz CT molecular complexity index is 776. The Morgan fingerprint density at radius 2 is 1.92 bits per heavy atom. The normalized spacial score (nSPS) is 24.0. The van der Waals surface area contributed by atoms with Crippen LogP contribution in [0.2, 0.25) is 0 Å². The number of rotatable bonds is 3. The van der Waals surface area contributed by atoms with E-state index in [0.717, 1.165) is 48.3 Å². The molecule has 0 aromatic heterocycles. The first-order chi connectivity index (χ1) is 12.5. The number of piperidine rings is 1. The second-order valence-corrected chi connectivity index (χ2v) is 7.78. The fourth-order valence-corrected chi connectivity index (χ4v) is 4.48. The Kier molecular flexibility index (Phi) is 4.81. The molecule has 1 unspecified atom stereocenters. The van der Waals surface area contributed by atoms with Crippen molar-refractivity contribution >= 4 is 33.7 Å². The topological polar surface area (TPSA) is 81.8 Å². The molecule has 26 heavy (non-hydrogen) atoms. The number of nitrogens with one attached hydrogen (secondary N) is 2. The number of nitrogens with zero attached hydrogens (tertiary/aromatic N) is 2. The Hall–Kier alpha value is -1.77. The molecule has 2 N–H and O–H groups in total. The van der Waals surface area contributed by atoms with Gasteiger partial charge in [0.15, 0.2) is 0 Å². The number of hydrogen-bond acceptors (Lipinski definition) is 5. The molecule has 8 heteroatoms. The van der Waals surface area contributed by atoms with Crippen LogP contribution in [-0.2, 0) is 22.7 Å². The summed E-state index contributed by atoms with van der Waals surface area (Å²) < 4.78 is 0.955. The predicted molar refractivity (Wildman–Crippen MR) is 98.3 cm³/mol. The minimum atomic E-state index is -0.573. The van der Waals surface area contributed by atoms with Crippen molar-refractivity contribution in [1.82, 2.24) is 20.4 Å². The van der Waals surface area contributed by atoms with Gasteiger partial charge in [0.05, 0.1) is 0 Å². The molecule has 3 aliphatic rings. The van der Waals surface area contributed by atoms with Gasteiger partial charge in [-0.3, -0.25) is 24.6 Å². The van der Waals surface area contributed by atoms with E-state index in [1.165, 1.54) is 0 Å². The van der Waals surface area contributed by atoms with Crippen LogP contribution in [0.4, 0.5) is 0 Å². The highest BCUT2D eigenvalue weighted by Gasteiger charge is 2.40. The molecule has 3 amide bonds. The fraction of sp³-hybridized carbons (Fsp3) is 0.500. The number of amides is 3. The number of fused-ring (bicyclic) bond motifs is 1. The Labute approximate surface area is 160 Å². The SMILES string of the molecule is O=C1CCC(N2Cc3c(ccc(CN4CCNCC4)c3Br)C2=O)C(=O)N1. The molecule has 4 rings (SSSR count). The third kappa shape index (κ3) is 3.17. The zero-order chi connectivity index (χ0) is 18.3. The standard InChI is InChI=1S/C18H21BrN4O3/c19-16-11(9-22-7-5-20-6-8-22)1-2-12-13(16)10-23(18(12)26)14-3-4-15(24)21-17(14)25/h1-2,14,20H,3-10H2,(H,21,24,25). The lowest BCUT2D eigenvalue weighted by molar-refractivity contribution is -0.136. The van der Waals surface area contributed by atoms with Gasteiger partial charge in [0.1, 0.15) is 6.04 Å². The Balaban J connectivity index is 1.55. The van der Waals surface area contributed by atoms with E-state index >= 15 is 0 Å². The van der Waals surface area contributed by atoms with Crippen LogP contribution in [0.25, 0.3) is 0 Å². The van der Waals surface area contributed by atoms with Crippen LogP contribution in [0.15, 0.2) is 16.6 Å². The molecule has 3 aliphatic heterocycles. The Morgan fingerprint density at radius 3 is 2.65 bits per heavy atom. The minimum absolute atomic E-state index is 0.135. The monoisotopic (exact) mass is 420 g/mol. The molecule has 2 fully saturated rings. The van der Waals surface area contributed by atoms with Crippen molar-refractivity contribution in [1.29, 1.82) is 0 Å². The van der Waals surface area contributed by atoms with Crippen molar-refractivity contribution in [3.8, 4) is 0 Å². The maximum atomic E-state index is 12.8. The summed E-state index contributed by atoms with van der Waals surface area (Å²) in [4.78, 5) is 40.3. The van der Waals surface area contributed by atoms with Crippen molar-refractivity contribution in [2.24, 2.45) is 0 Å². The summed E-state index contributed by atoms with van der Waals surface area (Å²) in [5.41, 5.74) is 2.74. The first-order valence-electron chi connectivity index (χ1n) is 8.92. The quantitative estimate of drug-likeness (QED) is 0.700. The predicted octanol–water partition coefficient (Wildman–Crippen LogP) is 0.615. The van der Waals surface area contributed by atoms with E-state index < -0.39 is 6.04 Å². The zero-order valence-electron chi connectivity index (χ0n) is 14.4. The highest BCUT2D eigenvalue weighted by Crippen LogP contribution is 2.35. The van der Waals surface area contributed by atoms with Gasteiger partial charge < -0.3 is 10.2 Å². The maximum Gasteiger partial charge on any atom is 0.255 e. The van der Waals surface area contributed by atoms with Crippen molar-refractivity contribution in [2.45, 2.75) is 32.0 Å². The number of benzene rings is 1. The first-order valence-corrected chi connectivity index (χ1v) is 9.72. The van der Waals surface area contributed by atoms with E-state index in [-0.39, 0.29) is 24.1 Å². The van der Waals surface area contributed by atoms with Gasteiger partial charge in [-0.1, -0.05) is 22.0 Å². The summed E-state index contributed by atoms with van der Waals surface area (Å²) in [5, 5.41) is 5.68. The number of halogens is 1. The van der Waals surface area contributed by atoms with Gasteiger partial charge >= 0.3 is 0 Å². The highest BCUT2D eigenvalue weighted by atomic mass is 79.9. The van der Waals surface area contributed by atoms with Gasteiger partial charge in [-0.2, -0.15) is 0 Å². The van der Waals surface area contributed by atoms with Crippen LogP contribution >= 0.6 is 15.9 Å². The molecule has 0 aliphatic carbocycles. The number of hydrogen-bond donors (Lipinski definition) is 2. The third-order valence-corrected chi connectivity index (χ3v) is 6.32. The van der Waals surface area contributed by atoms with E-state index in [9.17, 15) is 14.4 Å². The lowest BCUT2D eigenvalue weighted by atomic mass is 10.0. The van der Waals surface area contributed by atoms with Crippen LogP contribution < -0.4 is 10.6 Å². The first kappa shape index (κ1) is 17.6. The number of imide groups is 1. The molecule has 138 valence electrons. The molecule has 0 saturated carbocycles. The zero-order valence-corrected chi connectivity index (χ0v) is 16.0. The van der Waals surface area contributed by atoms with E-state index in [2.05, 4.69) is 31.5 Å². The summed E-state index contributed by atoms with van der Waals surface area (Å²) in [6.45, 7) is 5.23. The molecular weight excluding hydrogens is 400 g/mol. The molecule has 3 heterocycles. The van der Waals surface area contributed by atoms with E-state index in [1.54, 1.807) is 4.90 Å². The molecule has 2 saturated heterocycles. The van der Waals surface area contributed by atoms with E-state index in [1.807, 2.05) is 12.1 Å². The fourth-order valence-electron chi connectivity index (χ4n) is 3.89. The van der Waals surface area contributed by atoms with Crippen LogP contribution in [-0.4, -0.2) is 59.7 Å². The molecule has 0 radical (unpaired) electrons. The highest BCUT2D eigenvalue weighted by molar-refractivity contribution is 9.10. The minimum Gasteiger partial charge on any atom is -0.322 e. The summed E-state index contributed by atoms with van der Waals surface area (Å²) >= 11 is 3.69. The van der Waals surface area contributed by atoms with Crippen LogP contribution in [0, 0.1) is 0 Å². The van der Waals surface area contributed by atoms with Crippen LogP contribution in [0.1, 0.15) is 34.3 Å². The molecule has 1 aromatic carbocycles. The third-order valence-electron chi connectivity index (χ3n) is 5.33. The summed E-state index contributed by atoms with van der Waals surface area (Å²) in [5.74, 6) is -0.779. The second kappa shape index (κ2) is 7.09. The number of carbonyl (C=O) groups is 3. The van der Waals surface area contributed by atoms with Gasteiger partial charge in [0.25, 0.3) is 5.91 Å². The van der Waals surface area contributed by atoms with Crippen molar-refractivity contribution < 1.29 is 14.4 Å². The average Bonchev–Trinajstić information content (AvgIpc) is 2.96. The molecule has 7 nitrogen and oxygen atoms in total. The van der Waals surface area contributed by atoms with Crippen LogP contribution in [0.5, 0.6) is 0 Å². The van der Waals surface area contributed by atoms with Crippen molar-refractivity contribution in [3.05, 3.63) is 33.3 Å². The molecule has 1 atom stereocenters. The maximum absolute atomic E-state index is 12.8. The van der Waals surface area contributed by atoms with Gasteiger partial charge in [0, 0.05) is 55.7 Å². The lowest BCUT2D eigenvalue weighted by Gasteiger charge is -2.29.